The number of rotatable bonds is 4. The predicted molar refractivity (Wildman–Crippen MR) is 82.4 cm³/mol. The normalized spacial score (nSPS) is 29.9. The number of nitrogens with zero attached hydrogens (tertiary/aromatic N) is 1. The molecule has 4 heteroatoms. The van der Waals surface area contributed by atoms with Gasteiger partial charge in [-0.25, -0.2) is 0 Å². The van der Waals surface area contributed by atoms with E-state index in [4.69, 9.17) is 5.73 Å². The molecule has 20 heavy (non-hydrogen) atoms. The summed E-state index contributed by atoms with van der Waals surface area (Å²) in [5, 5.41) is 3.24. The van der Waals surface area contributed by atoms with Crippen molar-refractivity contribution in [3.05, 3.63) is 0 Å². The van der Waals surface area contributed by atoms with Crippen LogP contribution >= 0.6 is 0 Å². The number of carbonyl (C=O) groups is 1. The minimum atomic E-state index is 0.199. The molecule has 1 saturated carbocycles. The van der Waals surface area contributed by atoms with Gasteiger partial charge in [-0.1, -0.05) is 32.6 Å². The first-order valence-corrected chi connectivity index (χ1v) is 8.44. The van der Waals surface area contributed by atoms with Crippen LogP contribution in [0, 0.1) is 5.92 Å². The van der Waals surface area contributed by atoms with E-state index in [0.717, 1.165) is 19.4 Å². The number of nitrogens with two attached hydrogens (primary N) is 1. The second-order valence-electron chi connectivity index (χ2n) is 6.65. The summed E-state index contributed by atoms with van der Waals surface area (Å²) in [7, 11) is 0. The third-order valence-electron chi connectivity index (χ3n) is 5.04. The van der Waals surface area contributed by atoms with Crippen LogP contribution < -0.4 is 11.1 Å². The Balaban J connectivity index is 1.80. The highest BCUT2D eigenvalue weighted by molar-refractivity contribution is 5.78. The van der Waals surface area contributed by atoms with Gasteiger partial charge in [-0.15, -0.1) is 0 Å². The van der Waals surface area contributed by atoms with Crippen LogP contribution in [0.2, 0.25) is 0 Å². The number of carbonyl (C=O) groups excluding carboxylic acids is 1. The van der Waals surface area contributed by atoms with Crippen LogP contribution in [0.15, 0.2) is 0 Å². The summed E-state index contributed by atoms with van der Waals surface area (Å²) in [6, 6.07) is 0.784. The summed E-state index contributed by atoms with van der Waals surface area (Å²) in [5.41, 5.74) is 5.89. The lowest BCUT2D eigenvalue weighted by molar-refractivity contribution is -0.124. The molecule has 116 valence electrons. The molecule has 0 aromatic heterocycles. The Bertz CT molecular complexity index is 300. The van der Waals surface area contributed by atoms with Gasteiger partial charge in [0.25, 0.3) is 0 Å². The molecule has 1 heterocycles. The molecular formula is C16H31N3O. The zero-order chi connectivity index (χ0) is 14.4. The van der Waals surface area contributed by atoms with E-state index in [9.17, 15) is 4.79 Å². The lowest BCUT2D eigenvalue weighted by atomic mass is 9.91. The van der Waals surface area contributed by atoms with Gasteiger partial charge in [0.2, 0.25) is 5.91 Å². The second kappa shape index (κ2) is 7.99. The van der Waals surface area contributed by atoms with E-state index in [0.29, 0.717) is 31.1 Å². The van der Waals surface area contributed by atoms with Gasteiger partial charge in [-0.2, -0.15) is 0 Å². The largest absolute Gasteiger partial charge is 0.352 e. The van der Waals surface area contributed by atoms with Crippen molar-refractivity contribution >= 4 is 5.91 Å². The van der Waals surface area contributed by atoms with Crippen LogP contribution in [0.5, 0.6) is 0 Å². The maximum Gasteiger partial charge on any atom is 0.234 e. The van der Waals surface area contributed by atoms with Crippen molar-refractivity contribution in [3.8, 4) is 0 Å². The Labute approximate surface area is 123 Å². The van der Waals surface area contributed by atoms with Crippen molar-refractivity contribution in [1.82, 2.24) is 10.2 Å². The maximum absolute atomic E-state index is 12.3. The van der Waals surface area contributed by atoms with Crippen molar-refractivity contribution in [2.24, 2.45) is 11.7 Å². The summed E-state index contributed by atoms with van der Waals surface area (Å²) < 4.78 is 0. The van der Waals surface area contributed by atoms with Gasteiger partial charge in [-0.3, -0.25) is 9.69 Å². The monoisotopic (exact) mass is 281 g/mol. The number of piperidine rings is 1. The van der Waals surface area contributed by atoms with E-state index in [2.05, 4.69) is 17.1 Å². The molecule has 1 aliphatic carbocycles. The number of hydrogen-bond donors (Lipinski definition) is 2. The van der Waals surface area contributed by atoms with Crippen molar-refractivity contribution in [2.75, 3.05) is 19.6 Å². The van der Waals surface area contributed by atoms with Gasteiger partial charge in [0.1, 0.15) is 0 Å². The minimum absolute atomic E-state index is 0.199. The second-order valence-corrected chi connectivity index (χ2v) is 6.65. The molecule has 0 bridgehead atoms. The Morgan fingerprint density at radius 2 is 1.85 bits per heavy atom. The molecule has 2 rings (SSSR count). The van der Waals surface area contributed by atoms with Crippen molar-refractivity contribution in [3.63, 3.8) is 0 Å². The molecule has 2 fully saturated rings. The van der Waals surface area contributed by atoms with Crippen LogP contribution in [0.25, 0.3) is 0 Å². The highest BCUT2D eigenvalue weighted by atomic mass is 16.2. The molecule has 2 unspecified atom stereocenters. The molecule has 3 N–H and O–H groups in total. The average Bonchev–Trinajstić information content (AvgIpc) is 2.67. The molecule has 0 radical (unpaired) electrons. The Hall–Kier alpha value is -0.610. The zero-order valence-electron chi connectivity index (χ0n) is 12.9. The Kier molecular flexibility index (Phi) is 6.30. The smallest absolute Gasteiger partial charge is 0.234 e. The van der Waals surface area contributed by atoms with Crippen molar-refractivity contribution in [1.29, 1.82) is 0 Å². The van der Waals surface area contributed by atoms with Crippen LogP contribution in [-0.4, -0.2) is 42.5 Å². The number of likely N-dealkylation sites (tertiary alicyclic amines) is 1. The number of hydrogen-bond acceptors (Lipinski definition) is 3. The fourth-order valence-corrected chi connectivity index (χ4v) is 3.79. The SMILES string of the molecule is CC1CCCN(CC(=O)NC2CCCCCC2)C1CN. The first-order valence-electron chi connectivity index (χ1n) is 8.44. The van der Waals surface area contributed by atoms with Gasteiger partial charge in [0, 0.05) is 18.6 Å². The fraction of sp³-hybridized carbons (Fsp3) is 0.938. The molecule has 1 saturated heterocycles. The predicted octanol–water partition coefficient (Wildman–Crippen LogP) is 1.88. The van der Waals surface area contributed by atoms with E-state index in [1.807, 2.05) is 0 Å². The third kappa shape index (κ3) is 4.45. The molecule has 0 spiro atoms. The van der Waals surface area contributed by atoms with Crippen LogP contribution in [0.4, 0.5) is 0 Å². The summed E-state index contributed by atoms with van der Waals surface area (Å²) >= 11 is 0. The average molecular weight is 281 g/mol. The van der Waals surface area contributed by atoms with E-state index in [-0.39, 0.29) is 5.91 Å². The van der Waals surface area contributed by atoms with Crippen molar-refractivity contribution < 1.29 is 4.79 Å². The van der Waals surface area contributed by atoms with Gasteiger partial charge >= 0.3 is 0 Å². The van der Waals surface area contributed by atoms with E-state index in [1.54, 1.807) is 0 Å². The maximum atomic E-state index is 12.3. The molecular weight excluding hydrogens is 250 g/mol. The topological polar surface area (TPSA) is 58.4 Å². The summed E-state index contributed by atoms with van der Waals surface area (Å²) in [6.07, 6.45) is 9.91. The molecule has 4 nitrogen and oxygen atoms in total. The lowest BCUT2D eigenvalue weighted by Crippen LogP contribution is -2.52. The third-order valence-corrected chi connectivity index (χ3v) is 5.04. The molecule has 2 atom stereocenters. The van der Waals surface area contributed by atoms with Gasteiger partial charge < -0.3 is 11.1 Å². The zero-order valence-corrected chi connectivity index (χ0v) is 12.9. The minimum Gasteiger partial charge on any atom is -0.352 e. The Morgan fingerprint density at radius 1 is 1.15 bits per heavy atom. The molecule has 2 aliphatic rings. The number of amides is 1. The fourth-order valence-electron chi connectivity index (χ4n) is 3.79. The molecule has 0 aromatic rings. The summed E-state index contributed by atoms with van der Waals surface area (Å²) in [4.78, 5) is 14.6. The summed E-state index contributed by atoms with van der Waals surface area (Å²) in [5.74, 6) is 0.809. The van der Waals surface area contributed by atoms with E-state index >= 15 is 0 Å². The Morgan fingerprint density at radius 3 is 2.50 bits per heavy atom. The number of nitrogens with one attached hydrogen (secondary N) is 1. The van der Waals surface area contributed by atoms with Gasteiger partial charge in [0.15, 0.2) is 0 Å². The van der Waals surface area contributed by atoms with E-state index < -0.39 is 0 Å². The standard InChI is InChI=1S/C16H31N3O/c1-13-7-6-10-19(15(13)11-17)12-16(20)18-14-8-4-2-3-5-9-14/h13-15H,2-12,17H2,1H3,(H,18,20). The first kappa shape index (κ1) is 15.8. The molecule has 1 aliphatic heterocycles. The van der Waals surface area contributed by atoms with Gasteiger partial charge in [0.05, 0.1) is 6.54 Å². The highest BCUT2D eigenvalue weighted by Crippen LogP contribution is 2.22. The molecule has 0 aromatic carbocycles. The van der Waals surface area contributed by atoms with Gasteiger partial charge in [-0.05, 0) is 38.1 Å². The van der Waals surface area contributed by atoms with Crippen LogP contribution in [0.3, 0.4) is 0 Å². The van der Waals surface area contributed by atoms with Crippen molar-refractivity contribution in [2.45, 2.75) is 70.4 Å². The van der Waals surface area contributed by atoms with Crippen LogP contribution in [0.1, 0.15) is 58.3 Å². The quantitative estimate of drug-likeness (QED) is 0.774. The lowest BCUT2D eigenvalue weighted by Gasteiger charge is -2.39. The highest BCUT2D eigenvalue weighted by Gasteiger charge is 2.29. The van der Waals surface area contributed by atoms with E-state index in [1.165, 1.54) is 38.5 Å². The molecule has 1 amide bonds. The summed E-state index contributed by atoms with van der Waals surface area (Å²) in [6.45, 7) is 4.47. The van der Waals surface area contributed by atoms with Crippen LogP contribution in [-0.2, 0) is 4.79 Å². The first-order chi connectivity index (χ1) is 9.70.